The van der Waals surface area contributed by atoms with Crippen LogP contribution in [0.1, 0.15) is 33.6 Å². The van der Waals surface area contributed by atoms with Crippen LogP contribution in [-0.4, -0.2) is 55.3 Å². The summed E-state index contributed by atoms with van der Waals surface area (Å²) < 4.78 is 23.4. The zero-order valence-corrected chi connectivity index (χ0v) is 12.5. The number of carbonyl (C=O) groups is 2. The minimum Gasteiger partial charge on any atom is -0.343 e. The number of rotatable bonds is 6. The molecule has 0 saturated carbocycles. The van der Waals surface area contributed by atoms with E-state index in [0.717, 1.165) is 0 Å². The van der Waals surface area contributed by atoms with E-state index in [1.54, 1.807) is 13.8 Å². The van der Waals surface area contributed by atoms with Gasteiger partial charge in [0.15, 0.2) is 9.84 Å². The number of nitrogens with one attached hydrogen (secondary N) is 1. The molecule has 0 aromatic rings. The molecular weight excluding hydrogens is 268 g/mol. The Morgan fingerprint density at radius 1 is 1.21 bits per heavy atom. The Balaban J connectivity index is 2.74. The summed E-state index contributed by atoms with van der Waals surface area (Å²) in [6.07, 6.45) is 1.07. The predicted molar refractivity (Wildman–Crippen MR) is 72.3 cm³/mol. The molecule has 1 N–H and O–H groups in total. The third-order valence-corrected chi connectivity index (χ3v) is 5.15. The minimum atomic E-state index is -3.15. The predicted octanol–water partition coefficient (Wildman–Crippen LogP) is -0.0633. The SMILES string of the molecule is CCCS(=O)(=O)CCN1C(=O)C(CC)NC(=O)C1C. The van der Waals surface area contributed by atoms with Gasteiger partial charge >= 0.3 is 0 Å². The minimum absolute atomic E-state index is 0.0827. The standard InChI is InChI=1S/C12H22N2O4S/c1-4-7-19(17,18)8-6-14-9(3)11(15)13-10(5-2)12(14)16/h9-10H,4-8H2,1-3H3,(H,13,15). The van der Waals surface area contributed by atoms with E-state index in [0.29, 0.717) is 12.8 Å². The quantitative estimate of drug-likeness (QED) is 0.742. The lowest BCUT2D eigenvalue weighted by atomic mass is 10.1. The lowest BCUT2D eigenvalue weighted by Gasteiger charge is -2.37. The van der Waals surface area contributed by atoms with E-state index < -0.39 is 21.9 Å². The van der Waals surface area contributed by atoms with E-state index in [1.807, 2.05) is 6.92 Å². The number of sulfone groups is 1. The van der Waals surface area contributed by atoms with Crippen molar-refractivity contribution in [2.45, 2.75) is 45.7 Å². The fraction of sp³-hybridized carbons (Fsp3) is 0.833. The van der Waals surface area contributed by atoms with Crippen molar-refractivity contribution >= 4 is 21.7 Å². The first kappa shape index (κ1) is 15.9. The largest absolute Gasteiger partial charge is 0.343 e. The topological polar surface area (TPSA) is 83.6 Å². The fourth-order valence-electron chi connectivity index (χ4n) is 2.12. The van der Waals surface area contributed by atoms with Crippen LogP contribution < -0.4 is 5.32 Å². The van der Waals surface area contributed by atoms with E-state index in [2.05, 4.69) is 5.32 Å². The lowest BCUT2D eigenvalue weighted by Crippen LogP contribution is -2.62. The zero-order chi connectivity index (χ0) is 14.6. The van der Waals surface area contributed by atoms with Gasteiger partial charge in [-0.05, 0) is 19.8 Å². The second-order valence-electron chi connectivity index (χ2n) is 4.83. The van der Waals surface area contributed by atoms with E-state index in [4.69, 9.17) is 0 Å². The maximum atomic E-state index is 12.1. The molecule has 1 fully saturated rings. The Kier molecular flexibility index (Phi) is 5.34. The number of hydrogen-bond acceptors (Lipinski definition) is 4. The monoisotopic (exact) mass is 290 g/mol. The molecule has 0 spiro atoms. The molecule has 110 valence electrons. The van der Waals surface area contributed by atoms with Crippen LogP contribution in [0.5, 0.6) is 0 Å². The molecule has 1 aliphatic rings. The fourth-order valence-corrected chi connectivity index (χ4v) is 3.42. The number of piperazine rings is 1. The molecule has 1 rings (SSSR count). The molecule has 1 aliphatic heterocycles. The van der Waals surface area contributed by atoms with Crippen molar-refractivity contribution in [3.63, 3.8) is 0 Å². The molecule has 0 aromatic heterocycles. The summed E-state index contributed by atoms with van der Waals surface area (Å²) in [5, 5.41) is 2.64. The van der Waals surface area contributed by atoms with Crippen LogP contribution in [0, 0.1) is 0 Å². The van der Waals surface area contributed by atoms with Crippen LogP contribution in [0.3, 0.4) is 0 Å². The van der Waals surface area contributed by atoms with Gasteiger partial charge in [0.1, 0.15) is 12.1 Å². The van der Waals surface area contributed by atoms with Crippen molar-refractivity contribution in [2.75, 3.05) is 18.1 Å². The van der Waals surface area contributed by atoms with Crippen molar-refractivity contribution in [1.82, 2.24) is 10.2 Å². The normalized spacial score (nSPS) is 24.5. The molecule has 1 heterocycles. The van der Waals surface area contributed by atoms with Crippen molar-refractivity contribution in [3.05, 3.63) is 0 Å². The Bertz CT molecular complexity index is 447. The summed E-state index contributed by atoms with van der Waals surface area (Å²) in [5.41, 5.74) is 0. The summed E-state index contributed by atoms with van der Waals surface area (Å²) in [6, 6.07) is -1.13. The number of carbonyl (C=O) groups excluding carboxylic acids is 2. The third kappa shape index (κ3) is 3.92. The molecule has 0 bridgehead atoms. The average Bonchev–Trinajstić information content (AvgIpc) is 2.33. The molecule has 1 saturated heterocycles. The van der Waals surface area contributed by atoms with Gasteiger partial charge in [-0.3, -0.25) is 9.59 Å². The van der Waals surface area contributed by atoms with Gasteiger partial charge in [-0.2, -0.15) is 0 Å². The van der Waals surface area contributed by atoms with E-state index in [1.165, 1.54) is 4.90 Å². The van der Waals surface area contributed by atoms with Gasteiger partial charge in [-0.15, -0.1) is 0 Å². The Morgan fingerprint density at radius 3 is 2.37 bits per heavy atom. The van der Waals surface area contributed by atoms with Gasteiger partial charge in [-0.1, -0.05) is 13.8 Å². The third-order valence-electron chi connectivity index (χ3n) is 3.31. The lowest BCUT2D eigenvalue weighted by molar-refractivity contribution is -0.148. The van der Waals surface area contributed by atoms with Crippen molar-refractivity contribution in [1.29, 1.82) is 0 Å². The molecule has 0 radical (unpaired) electrons. The van der Waals surface area contributed by atoms with Crippen LogP contribution in [0.15, 0.2) is 0 Å². The van der Waals surface area contributed by atoms with Gasteiger partial charge < -0.3 is 10.2 Å². The van der Waals surface area contributed by atoms with Gasteiger partial charge in [0.05, 0.1) is 5.75 Å². The van der Waals surface area contributed by atoms with Crippen LogP contribution in [0.4, 0.5) is 0 Å². The van der Waals surface area contributed by atoms with Crippen LogP contribution >= 0.6 is 0 Å². The van der Waals surface area contributed by atoms with Crippen LogP contribution in [-0.2, 0) is 19.4 Å². The van der Waals surface area contributed by atoms with Gasteiger partial charge in [0.25, 0.3) is 0 Å². The number of nitrogens with zero attached hydrogens (tertiary/aromatic N) is 1. The Labute approximate surface area is 114 Å². The second kappa shape index (κ2) is 6.36. The molecule has 0 aliphatic carbocycles. The summed E-state index contributed by atoms with van der Waals surface area (Å²) in [5.74, 6) is -0.381. The second-order valence-corrected chi connectivity index (χ2v) is 7.13. The van der Waals surface area contributed by atoms with Crippen LogP contribution in [0.2, 0.25) is 0 Å². The molecular formula is C12H22N2O4S. The summed E-state index contributed by atoms with van der Waals surface area (Å²) in [6.45, 7) is 5.31. The first-order valence-electron chi connectivity index (χ1n) is 6.63. The first-order chi connectivity index (χ1) is 8.82. The van der Waals surface area contributed by atoms with Gasteiger partial charge in [-0.25, -0.2) is 8.42 Å². The first-order valence-corrected chi connectivity index (χ1v) is 8.45. The maximum Gasteiger partial charge on any atom is 0.245 e. The van der Waals surface area contributed by atoms with Crippen molar-refractivity contribution in [2.24, 2.45) is 0 Å². The Hall–Kier alpha value is -1.11. The van der Waals surface area contributed by atoms with E-state index in [9.17, 15) is 18.0 Å². The van der Waals surface area contributed by atoms with Crippen molar-refractivity contribution < 1.29 is 18.0 Å². The summed E-state index contributed by atoms with van der Waals surface area (Å²) in [7, 11) is -3.15. The maximum absolute atomic E-state index is 12.1. The van der Waals surface area contributed by atoms with E-state index in [-0.39, 0.29) is 29.9 Å². The number of hydrogen-bond donors (Lipinski definition) is 1. The van der Waals surface area contributed by atoms with Crippen molar-refractivity contribution in [3.8, 4) is 0 Å². The smallest absolute Gasteiger partial charge is 0.245 e. The van der Waals surface area contributed by atoms with E-state index >= 15 is 0 Å². The molecule has 2 atom stereocenters. The molecule has 7 heteroatoms. The average molecular weight is 290 g/mol. The molecule has 0 aromatic carbocycles. The molecule has 19 heavy (non-hydrogen) atoms. The molecule has 6 nitrogen and oxygen atoms in total. The van der Waals surface area contributed by atoms with Gasteiger partial charge in [0.2, 0.25) is 11.8 Å². The highest BCUT2D eigenvalue weighted by Crippen LogP contribution is 2.12. The molecule has 2 unspecified atom stereocenters. The highest BCUT2D eigenvalue weighted by atomic mass is 32.2. The van der Waals surface area contributed by atoms with Gasteiger partial charge in [0, 0.05) is 12.3 Å². The molecule has 2 amide bonds. The zero-order valence-electron chi connectivity index (χ0n) is 11.7. The van der Waals surface area contributed by atoms with Crippen LogP contribution in [0.25, 0.3) is 0 Å². The summed E-state index contributed by atoms with van der Waals surface area (Å²) in [4.78, 5) is 25.2. The number of amides is 2. The Morgan fingerprint density at radius 2 is 1.84 bits per heavy atom. The summed E-state index contributed by atoms with van der Waals surface area (Å²) >= 11 is 0. The highest BCUT2D eigenvalue weighted by Gasteiger charge is 2.37. The highest BCUT2D eigenvalue weighted by molar-refractivity contribution is 7.91.